The average Bonchev–Trinajstić information content (AvgIpc) is 2.46. The van der Waals surface area contributed by atoms with Crippen molar-refractivity contribution < 1.29 is 9.53 Å². The lowest BCUT2D eigenvalue weighted by Gasteiger charge is -2.12. The van der Waals surface area contributed by atoms with E-state index in [1.165, 1.54) is 0 Å². The Bertz CT molecular complexity index is 631. The Morgan fingerprint density at radius 2 is 2.00 bits per heavy atom. The number of methoxy groups -OCH3 is 1. The number of rotatable bonds is 4. The maximum Gasteiger partial charge on any atom is 0.252 e. The molecule has 0 heterocycles. The van der Waals surface area contributed by atoms with Gasteiger partial charge in [0.05, 0.1) is 12.7 Å². The fraction of sp³-hybridized carbons (Fsp3) is 0.133. The van der Waals surface area contributed by atoms with Crippen LogP contribution >= 0.6 is 27.5 Å². The van der Waals surface area contributed by atoms with E-state index in [0.29, 0.717) is 22.9 Å². The van der Waals surface area contributed by atoms with Gasteiger partial charge in [0.1, 0.15) is 5.75 Å². The third kappa shape index (κ3) is 3.32. The first-order chi connectivity index (χ1) is 9.63. The van der Waals surface area contributed by atoms with Gasteiger partial charge in [-0.05, 0) is 40.2 Å². The molecule has 0 radical (unpaired) electrons. The molecular formula is C15H13BrClNO2. The van der Waals surface area contributed by atoms with Gasteiger partial charge in [-0.15, -0.1) is 0 Å². The molecule has 2 rings (SSSR count). The molecule has 0 saturated carbocycles. The van der Waals surface area contributed by atoms with Crippen LogP contribution in [-0.4, -0.2) is 13.0 Å². The maximum atomic E-state index is 12.1. The molecular weight excluding hydrogens is 342 g/mol. The van der Waals surface area contributed by atoms with Crippen molar-refractivity contribution in [2.45, 2.75) is 6.54 Å². The van der Waals surface area contributed by atoms with E-state index in [2.05, 4.69) is 21.2 Å². The van der Waals surface area contributed by atoms with Crippen molar-refractivity contribution in [2.75, 3.05) is 7.11 Å². The lowest BCUT2D eigenvalue weighted by molar-refractivity contribution is 0.0950. The molecule has 1 N–H and O–H groups in total. The highest BCUT2D eigenvalue weighted by Crippen LogP contribution is 2.26. The van der Waals surface area contributed by atoms with Gasteiger partial charge in [-0.1, -0.05) is 29.8 Å². The zero-order valence-corrected chi connectivity index (χ0v) is 13.2. The molecule has 1 amide bonds. The van der Waals surface area contributed by atoms with Crippen LogP contribution in [0.4, 0.5) is 0 Å². The van der Waals surface area contributed by atoms with Crippen LogP contribution in [0.1, 0.15) is 15.9 Å². The highest BCUT2D eigenvalue weighted by atomic mass is 79.9. The van der Waals surface area contributed by atoms with Crippen LogP contribution in [-0.2, 0) is 6.54 Å². The Balaban J connectivity index is 2.14. The van der Waals surface area contributed by atoms with E-state index < -0.39 is 0 Å². The molecule has 104 valence electrons. The summed E-state index contributed by atoms with van der Waals surface area (Å²) < 4.78 is 6.00. The summed E-state index contributed by atoms with van der Waals surface area (Å²) in [5.74, 6) is 0.490. The van der Waals surface area contributed by atoms with Gasteiger partial charge in [0.15, 0.2) is 0 Å². The van der Waals surface area contributed by atoms with Gasteiger partial charge in [-0.2, -0.15) is 0 Å². The number of nitrogens with one attached hydrogen (secondary N) is 1. The van der Waals surface area contributed by atoms with Crippen molar-refractivity contribution >= 4 is 33.4 Å². The van der Waals surface area contributed by atoms with Crippen molar-refractivity contribution in [1.29, 1.82) is 0 Å². The molecule has 5 heteroatoms. The second-order valence-corrected chi connectivity index (χ2v) is 5.34. The van der Waals surface area contributed by atoms with E-state index in [4.69, 9.17) is 16.3 Å². The lowest BCUT2D eigenvalue weighted by Crippen LogP contribution is -2.23. The quantitative estimate of drug-likeness (QED) is 0.900. The van der Waals surface area contributed by atoms with Crippen molar-refractivity contribution in [1.82, 2.24) is 5.32 Å². The van der Waals surface area contributed by atoms with Crippen LogP contribution in [0.5, 0.6) is 5.75 Å². The molecule has 20 heavy (non-hydrogen) atoms. The van der Waals surface area contributed by atoms with Gasteiger partial charge in [-0.25, -0.2) is 0 Å². The molecule has 0 spiro atoms. The largest absolute Gasteiger partial charge is 0.496 e. The second kappa shape index (κ2) is 6.77. The predicted octanol–water partition coefficient (Wildman–Crippen LogP) is 4.04. The first-order valence-corrected chi connectivity index (χ1v) is 7.14. The van der Waals surface area contributed by atoms with E-state index in [1.807, 2.05) is 24.3 Å². The minimum absolute atomic E-state index is 0.167. The van der Waals surface area contributed by atoms with Crippen molar-refractivity contribution in [2.24, 2.45) is 0 Å². The Morgan fingerprint density at radius 3 is 2.70 bits per heavy atom. The van der Waals surface area contributed by atoms with Crippen LogP contribution < -0.4 is 10.1 Å². The van der Waals surface area contributed by atoms with Crippen LogP contribution in [0.2, 0.25) is 5.02 Å². The average molecular weight is 355 g/mol. The van der Waals surface area contributed by atoms with E-state index in [9.17, 15) is 4.79 Å². The normalized spacial score (nSPS) is 10.2. The standard InChI is InChI=1S/C15H13BrClNO2/c1-20-14-8-4-7-13(17)11(14)9-18-15(19)10-5-2-3-6-12(10)16/h2-8H,9H2,1H3,(H,18,19). The zero-order chi connectivity index (χ0) is 14.5. The fourth-order valence-electron chi connectivity index (χ4n) is 1.81. The molecule has 0 bridgehead atoms. The van der Waals surface area contributed by atoms with Gasteiger partial charge in [-0.3, -0.25) is 4.79 Å². The van der Waals surface area contributed by atoms with E-state index >= 15 is 0 Å². The molecule has 0 aliphatic heterocycles. The zero-order valence-electron chi connectivity index (χ0n) is 10.8. The lowest BCUT2D eigenvalue weighted by atomic mass is 10.1. The molecule has 0 aliphatic carbocycles. The summed E-state index contributed by atoms with van der Waals surface area (Å²) in [6.07, 6.45) is 0. The number of hydrogen-bond acceptors (Lipinski definition) is 2. The molecule has 2 aromatic rings. The van der Waals surface area contributed by atoms with Gasteiger partial charge < -0.3 is 10.1 Å². The monoisotopic (exact) mass is 353 g/mol. The minimum Gasteiger partial charge on any atom is -0.496 e. The number of amides is 1. The van der Waals surface area contributed by atoms with Crippen LogP contribution in [0, 0.1) is 0 Å². The SMILES string of the molecule is COc1cccc(Cl)c1CNC(=O)c1ccccc1Br. The van der Waals surface area contributed by atoms with Gasteiger partial charge in [0.2, 0.25) is 0 Å². The molecule has 3 nitrogen and oxygen atoms in total. The summed E-state index contributed by atoms with van der Waals surface area (Å²) in [6, 6.07) is 12.6. The molecule has 0 atom stereocenters. The van der Waals surface area contributed by atoms with Crippen molar-refractivity contribution in [3.63, 3.8) is 0 Å². The third-order valence-corrected chi connectivity index (χ3v) is 3.89. The molecule has 0 unspecified atom stereocenters. The van der Waals surface area contributed by atoms with E-state index in [-0.39, 0.29) is 5.91 Å². The van der Waals surface area contributed by atoms with Crippen LogP contribution in [0.3, 0.4) is 0 Å². The molecule has 0 aromatic heterocycles. The maximum absolute atomic E-state index is 12.1. The summed E-state index contributed by atoms with van der Waals surface area (Å²) >= 11 is 9.48. The van der Waals surface area contributed by atoms with Crippen LogP contribution in [0.25, 0.3) is 0 Å². The number of benzene rings is 2. The van der Waals surface area contributed by atoms with E-state index in [0.717, 1.165) is 10.0 Å². The van der Waals surface area contributed by atoms with Gasteiger partial charge >= 0.3 is 0 Å². The highest BCUT2D eigenvalue weighted by molar-refractivity contribution is 9.10. The van der Waals surface area contributed by atoms with E-state index in [1.54, 1.807) is 25.3 Å². The molecule has 2 aromatic carbocycles. The Hall–Kier alpha value is -1.52. The number of carbonyl (C=O) groups is 1. The topological polar surface area (TPSA) is 38.3 Å². The summed E-state index contributed by atoms with van der Waals surface area (Å²) in [6.45, 7) is 0.309. The number of halogens is 2. The van der Waals surface area contributed by atoms with Crippen LogP contribution in [0.15, 0.2) is 46.9 Å². The third-order valence-electron chi connectivity index (χ3n) is 2.84. The molecule has 0 saturated heterocycles. The highest BCUT2D eigenvalue weighted by Gasteiger charge is 2.12. The fourth-order valence-corrected chi connectivity index (χ4v) is 2.51. The number of hydrogen-bond donors (Lipinski definition) is 1. The first kappa shape index (κ1) is 14.9. The Labute approximate surface area is 131 Å². The summed E-state index contributed by atoms with van der Waals surface area (Å²) in [4.78, 5) is 12.1. The van der Waals surface area contributed by atoms with Crippen molar-refractivity contribution in [3.8, 4) is 5.75 Å². The first-order valence-electron chi connectivity index (χ1n) is 5.97. The summed E-state index contributed by atoms with van der Waals surface area (Å²) in [5.41, 5.74) is 1.34. The van der Waals surface area contributed by atoms with Crippen molar-refractivity contribution in [3.05, 3.63) is 63.1 Å². The molecule has 0 aliphatic rings. The smallest absolute Gasteiger partial charge is 0.252 e. The second-order valence-electron chi connectivity index (χ2n) is 4.08. The number of ether oxygens (including phenoxy) is 1. The summed E-state index contributed by atoms with van der Waals surface area (Å²) in [5, 5.41) is 3.40. The minimum atomic E-state index is -0.167. The van der Waals surface area contributed by atoms with Gasteiger partial charge in [0, 0.05) is 21.6 Å². The summed E-state index contributed by atoms with van der Waals surface area (Å²) in [7, 11) is 1.57. The Morgan fingerprint density at radius 1 is 1.25 bits per heavy atom. The molecule has 0 fully saturated rings. The Kier molecular flexibility index (Phi) is 5.04. The van der Waals surface area contributed by atoms with Gasteiger partial charge in [0.25, 0.3) is 5.91 Å². The number of carbonyl (C=O) groups excluding carboxylic acids is 1. The predicted molar refractivity (Wildman–Crippen MR) is 83.3 cm³/mol.